The zero-order valence-electron chi connectivity index (χ0n) is 13.2. The molecule has 0 radical (unpaired) electrons. The zero-order valence-corrected chi connectivity index (χ0v) is 14.7. The van der Waals surface area contributed by atoms with E-state index < -0.39 is 30.2 Å². The highest BCUT2D eigenvalue weighted by Crippen LogP contribution is 2.21. The molecule has 0 aliphatic rings. The maximum absolute atomic E-state index is 13.4. The molecule has 9 heteroatoms. The summed E-state index contributed by atoms with van der Waals surface area (Å²) in [5, 5.41) is 0.730. The molecule has 0 heterocycles. The van der Waals surface area contributed by atoms with Gasteiger partial charge in [0, 0.05) is 10.0 Å². The fourth-order valence-electron chi connectivity index (χ4n) is 1.89. The first-order chi connectivity index (χ1) is 12.4. The second-order valence-corrected chi connectivity index (χ2v) is 5.90. The Morgan fingerprint density at radius 2 is 1.77 bits per heavy atom. The smallest absolute Gasteiger partial charge is 0.310 e. The number of rotatable bonds is 5. The normalized spacial score (nSPS) is 10.1. The number of benzene rings is 2. The van der Waals surface area contributed by atoms with Gasteiger partial charge in [0.15, 0.2) is 6.61 Å². The predicted octanol–water partition coefficient (Wildman–Crippen LogP) is 2.68. The molecule has 0 saturated carbocycles. The summed E-state index contributed by atoms with van der Waals surface area (Å²) >= 11 is 11.7. The highest BCUT2D eigenvalue weighted by Gasteiger charge is 2.14. The highest BCUT2D eigenvalue weighted by atomic mass is 35.5. The minimum absolute atomic E-state index is 0.148. The Kier molecular flexibility index (Phi) is 6.94. The van der Waals surface area contributed by atoms with Gasteiger partial charge in [-0.3, -0.25) is 25.2 Å². The molecule has 2 N–H and O–H groups in total. The third kappa shape index (κ3) is 5.72. The molecule has 0 bridgehead atoms. The van der Waals surface area contributed by atoms with Crippen LogP contribution in [0, 0.1) is 5.82 Å². The van der Waals surface area contributed by atoms with Crippen molar-refractivity contribution in [1.82, 2.24) is 10.9 Å². The van der Waals surface area contributed by atoms with Crippen molar-refractivity contribution in [2.45, 2.75) is 6.42 Å². The van der Waals surface area contributed by atoms with Crippen molar-refractivity contribution < 1.29 is 23.5 Å². The number of esters is 1. The Labute approximate surface area is 158 Å². The van der Waals surface area contributed by atoms with Gasteiger partial charge in [-0.25, -0.2) is 4.39 Å². The van der Waals surface area contributed by atoms with Gasteiger partial charge in [0.2, 0.25) is 0 Å². The van der Waals surface area contributed by atoms with Gasteiger partial charge in [-0.2, -0.15) is 0 Å². The molecule has 0 aliphatic carbocycles. The maximum Gasteiger partial charge on any atom is 0.310 e. The van der Waals surface area contributed by atoms with Crippen LogP contribution in [-0.4, -0.2) is 24.4 Å². The first-order valence-electron chi connectivity index (χ1n) is 7.30. The lowest BCUT2D eigenvalue weighted by Crippen LogP contribution is -2.43. The Bertz CT molecular complexity index is 845. The molecule has 0 unspecified atom stereocenters. The van der Waals surface area contributed by atoms with Crippen molar-refractivity contribution in [2.75, 3.05) is 6.61 Å². The summed E-state index contributed by atoms with van der Waals surface area (Å²) in [6.45, 7) is -0.623. The van der Waals surface area contributed by atoms with Crippen LogP contribution in [0.15, 0.2) is 42.5 Å². The fraction of sp³-hybridized carbons (Fsp3) is 0.118. The van der Waals surface area contributed by atoms with E-state index in [2.05, 4.69) is 0 Å². The average Bonchev–Trinajstić information content (AvgIpc) is 2.60. The van der Waals surface area contributed by atoms with E-state index in [4.69, 9.17) is 27.9 Å². The lowest BCUT2D eigenvalue weighted by atomic mass is 10.1. The molecule has 0 aliphatic heterocycles. The maximum atomic E-state index is 13.4. The van der Waals surface area contributed by atoms with Crippen LogP contribution in [0.4, 0.5) is 4.39 Å². The van der Waals surface area contributed by atoms with Crippen LogP contribution in [0.25, 0.3) is 0 Å². The number of amides is 2. The van der Waals surface area contributed by atoms with Crippen LogP contribution in [0.1, 0.15) is 15.9 Å². The Hall–Kier alpha value is -2.64. The van der Waals surface area contributed by atoms with Crippen molar-refractivity contribution in [2.24, 2.45) is 0 Å². The van der Waals surface area contributed by atoms with Gasteiger partial charge in [-0.15, -0.1) is 0 Å². The van der Waals surface area contributed by atoms with Crippen LogP contribution in [0.2, 0.25) is 10.0 Å². The molecule has 2 amide bonds. The van der Waals surface area contributed by atoms with E-state index in [-0.39, 0.29) is 12.0 Å². The number of carbonyl (C=O) groups excluding carboxylic acids is 3. The molecule has 0 aromatic heterocycles. The van der Waals surface area contributed by atoms with Gasteiger partial charge in [0.05, 0.1) is 12.0 Å². The van der Waals surface area contributed by atoms with Crippen molar-refractivity contribution in [3.8, 4) is 0 Å². The second-order valence-electron chi connectivity index (χ2n) is 5.06. The summed E-state index contributed by atoms with van der Waals surface area (Å²) in [5.41, 5.74) is 4.30. The SMILES string of the molecule is O=C(COC(=O)Cc1ccc(Cl)cc1Cl)NNC(=O)c1ccccc1F. The van der Waals surface area contributed by atoms with Crippen LogP contribution in [0.5, 0.6) is 0 Å². The molecule has 0 saturated heterocycles. The topological polar surface area (TPSA) is 84.5 Å². The van der Waals surface area contributed by atoms with E-state index in [0.717, 1.165) is 6.07 Å². The quantitative estimate of drug-likeness (QED) is 0.598. The van der Waals surface area contributed by atoms with Gasteiger partial charge in [0.25, 0.3) is 11.8 Å². The summed E-state index contributed by atoms with van der Waals surface area (Å²) in [4.78, 5) is 35.0. The molecule has 2 aromatic rings. The largest absolute Gasteiger partial charge is 0.455 e. The van der Waals surface area contributed by atoms with Crippen LogP contribution in [-0.2, 0) is 20.7 Å². The molecule has 6 nitrogen and oxygen atoms in total. The number of hydrogen-bond donors (Lipinski definition) is 2. The van der Waals surface area contributed by atoms with E-state index in [0.29, 0.717) is 15.6 Å². The Balaban J connectivity index is 1.77. The third-order valence-corrected chi connectivity index (χ3v) is 3.74. The number of hydrazine groups is 1. The van der Waals surface area contributed by atoms with E-state index >= 15 is 0 Å². The summed E-state index contributed by atoms with van der Waals surface area (Å²) in [7, 11) is 0. The number of halogens is 3. The summed E-state index contributed by atoms with van der Waals surface area (Å²) in [6, 6.07) is 9.89. The molecule has 2 aromatic carbocycles. The summed E-state index contributed by atoms with van der Waals surface area (Å²) < 4.78 is 18.2. The highest BCUT2D eigenvalue weighted by molar-refractivity contribution is 6.35. The lowest BCUT2D eigenvalue weighted by Gasteiger charge is -2.09. The third-order valence-electron chi connectivity index (χ3n) is 3.15. The van der Waals surface area contributed by atoms with Gasteiger partial charge >= 0.3 is 5.97 Å². The first kappa shape index (κ1) is 19.7. The van der Waals surface area contributed by atoms with Crippen molar-refractivity contribution in [3.05, 3.63) is 69.5 Å². The first-order valence-corrected chi connectivity index (χ1v) is 8.05. The number of ether oxygens (including phenoxy) is 1. The molecule has 136 valence electrons. The molecule has 0 atom stereocenters. The summed E-state index contributed by atoms with van der Waals surface area (Å²) in [5.74, 6) is -3.05. The predicted molar refractivity (Wildman–Crippen MR) is 93.1 cm³/mol. The molecular formula is C17H13Cl2FN2O4. The van der Waals surface area contributed by atoms with Crippen molar-refractivity contribution in [1.29, 1.82) is 0 Å². The van der Waals surface area contributed by atoms with Crippen LogP contribution in [0.3, 0.4) is 0 Å². The number of carbonyl (C=O) groups is 3. The Morgan fingerprint density at radius 1 is 1.04 bits per heavy atom. The van der Waals surface area contributed by atoms with Gasteiger partial charge in [0.1, 0.15) is 5.82 Å². The molecule has 26 heavy (non-hydrogen) atoms. The van der Waals surface area contributed by atoms with E-state index in [9.17, 15) is 18.8 Å². The molecule has 0 spiro atoms. The molecule has 0 fully saturated rings. The minimum Gasteiger partial charge on any atom is -0.455 e. The second kappa shape index (κ2) is 9.17. The average molecular weight is 399 g/mol. The molecule has 2 rings (SSSR count). The fourth-order valence-corrected chi connectivity index (χ4v) is 2.37. The number of hydrogen-bond acceptors (Lipinski definition) is 4. The van der Waals surface area contributed by atoms with E-state index in [1.807, 2.05) is 10.9 Å². The number of nitrogens with one attached hydrogen (secondary N) is 2. The monoisotopic (exact) mass is 398 g/mol. The Morgan fingerprint density at radius 3 is 2.46 bits per heavy atom. The lowest BCUT2D eigenvalue weighted by molar-refractivity contribution is -0.148. The molecular weight excluding hydrogens is 386 g/mol. The van der Waals surface area contributed by atoms with Gasteiger partial charge in [-0.1, -0.05) is 41.4 Å². The van der Waals surface area contributed by atoms with Crippen molar-refractivity contribution >= 4 is 41.0 Å². The standard InChI is InChI=1S/C17H13Cl2FN2O4/c18-11-6-5-10(13(19)8-11)7-16(24)26-9-15(23)21-22-17(25)12-3-1-2-4-14(12)20/h1-6,8H,7,9H2,(H,21,23)(H,22,25). The van der Waals surface area contributed by atoms with Gasteiger partial charge < -0.3 is 4.74 Å². The van der Waals surface area contributed by atoms with E-state index in [1.165, 1.54) is 24.3 Å². The summed E-state index contributed by atoms with van der Waals surface area (Å²) in [6.07, 6.45) is -0.148. The van der Waals surface area contributed by atoms with Crippen LogP contribution < -0.4 is 10.9 Å². The minimum atomic E-state index is -0.837. The van der Waals surface area contributed by atoms with E-state index in [1.54, 1.807) is 12.1 Å². The van der Waals surface area contributed by atoms with Crippen LogP contribution >= 0.6 is 23.2 Å². The van der Waals surface area contributed by atoms with Gasteiger partial charge in [-0.05, 0) is 29.8 Å². The van der Waals surface area contributed by atoms with Crippen molar-refractivity contribution in [3.63, 3.8) is 0 Å². The zero-order chi connectivity index (χ0) is 19.1.